The monoisotopic (exact) mass is 291 g/mol. The van der Waals surface area contributed by atoms with Crippen molar-refractivity contribution in [3.63, 3.8) is 0 Å². The molecule has 2 aliphatic carbocycles. The molecule has 2 bridgehead atoms. The highest BCUT2D eigenvalue weighted by atomic mass is 19.1. The van der Waals surface area contributed by atoms with Crippen molar-refractivity contribution in [3.8, 4) is 0 Å². The maximum absolute atomic E-state index is 13.8. The van der Waals surface area contributed by atoms with Crippen LogP contribution in [-0.4, -0.2) is 12.1 Å². The molecular formula is C17H22FNO2. The number of benzene rings is 1. The molecule has 3 unspecified atom stereocenters. The zero-order valence-corrected chi connectivity index (χ0v) is 12.8. The van der Waals surface area contributed by atoms with Crippen molar-refractivity contribution < 1.29 is 13.9 Å². The summed E-state index contributed by atoms with van der Waals surface area (Å²) < 4.78 is 19.4. The molecule has 3 atom stereocenters. The van der Waals surface area contributed by atoms with Gasteiger partial charge >= 0.3 is 5.97 Å². The van der Waals surface area contributed by atoms with Crippen molar-refractivity contribution in [2.45, 2.75) is 46.1 Å². The van der Waals surface area contributed by atoms with Crippen LogP contribution in [0.4, 0.5) is 10.1 Å². The lowest BCUT2D eigenvalue weighted by atomic mass is 9.70. The molecule has 3 rings (SSSR count). The van der Waals surface area contributed by atoms with Crippen LogP contribution in [0.5, 0.6) is 0 Å². The van der Waals surface area contributed by atoms with E-state index in [0.717, 1.165) is 12.8 Å². The molecular weight excluding hydrogens is 269 g/mol. The maximum Gasteiger partial charge on any atom is 0.341 e. The Kier molecular flexibility index (Phi) is 3.05. The van der Waals surface area contributed by atoms with Crippen LogP contribution >= 0.6 is 0 Å². The second kappa shape index (κ2) is 4.46. The average molecular weight is 291 g/mol. The third kappa shape index (κ3) is 1.95. The van der Waals surface area contributed by atoms with Crippen LogP contribution in [0, 0.1) is 22.6 Å². The molecule has 0 aromatic heterocycles. The molecule has 0 spiro atoms. The third-order valence-electron chi connectivity index (χ3n) is 6.17. The van der Waals surface area contributed by atoms with Gasteiger partial charge in [0.2, 0.25) is 0 Å². The second-order valence-electron chi connectivity index (χ2n) is 7.24. The molecule has 0 heterocycles. The van der Waals surface area contributed by atoms with Gasteiger partial charge in [0.25, 0.3) is 0 Å². The first-order valence-corrected chi connectivity index (χ1v) is 7.52. The number of anilines is 1. The summed E-state index contributed by atoms with van der Waals surface area (Å²) in [5.74, 6) is -0.609. The van der Waals surface area contributed by atoms with Crippen LogP contribution in [0.3, 0.4) is 0 Å². The fourth-order valence-electron chi connectivity index (χ4n) is 4.20. The molecule has 0 amide bonds. The van der Waals surface area contributed by atoms with Crippen molar-refractivity contribution in [2.24, 2.45) is 16.7 Å². The quantitative estimate of drug-likeness (QED) is 0.666. The summed E-state index contributed by atoms with van der Waals surface area (Å²) in [5.41, 5.74) is 6.06. The van der Waals surface area contributed by atoms with Gasteiger partial charge in [0.15, 0.2) is 0 Å². The first kappa shape index (κ1) is 14.4. The molecule has 0 saturated heterocycles. The van der Waals surface area contributed by atoms with Crippen LogP contribution in [0.2, 0.25) is 0 Å². The lowest BCUT2D eigenvalue weighted by Crippen LogP contribution is -2.38. The van der Waals surface area contributed by atoms with Gasteiger partial charge in [-0.05, 0) is 48.8 Å². The highest BCUT2D eigenvalue weighted by molar-refractivity contribution is 5.90. The molecule has 1 aromatic rings. The zero-order valence-electron chi connectivity index (χ0n) is 12.8. The number of halogens is 1. The molecule has 0 radical (unpaired) electrons. The smallest absolute Gasteiger partial charge is 0.341 e. The number of nitrogen functional groups attached to an aromatic ring is 1. The fourth-order valence-corrected chi connectivity index (χ4v) is 4.20. The number of carbonyl (C=O) groups excluding carboxylic acids is 1. The SMILES string of the molecule is CC1(C)C2CCC1(C)C(OC(=O)c1cc(N)ccc1F)C2. The number of ether oxygens (including phenoxy) is 1. The number of rotatable bonds is 2. The molecule has 0 aliphatic heterocycles. The number of hydrogen-bond acceptors (Lipinski definition) is 3. The lowest BCUT2D eigenvalue weighted by molar-refractivity contribution is -0.0245. The van der Waals surface area contributed by atoms with Crippen molar-refractivity contribution in [1.82, 2.24) is 0 Å². The minimum absolute atomic E-state index is 0.0237. The van der Waals surface area contributed by atoms with Gasteiger partial charge in [-0.3, -0.25) is 0 Å². The van der Waals surface area contributed by atoms with Crippen molar-refractivity contribution in [1.29, 1.82) is 0 Å². The van der Waals surface area contributed by atoms with E-state index < -0.39 is 11.8 Å². The standard InChI is InChI=1S/C17H22FNO2/c1-16(2)10-6-7-17(16,3)14(8-10)21-15(20)12-9-11(19)4-5-13(12)18/h4-5,9-10,14H,6-8,19H2,1-3H3. The van der Waals surface area contributed by atoms with Gasteiger partial charge in [0.05, 0.1) is 5.56 Å². The Morgan fingerprint density at radius 2 is 2.10 bits per heavy atom. The molecule has 2 N–H and O–H groups in total. The molecule has 1 aromatic carbocycles. The van der Waals surface area contributed by atoms with Crippen molar-refractivity contribution >= 4 is 11.7 Å². The second-order valence-corrected chi connectivity index (χ2v) is 7.24. The van der Waals surface area contributed by atoms with Crippen molar-refractivity contribution in [3.05, 3.63) is 29.6 Å². The van der Waals surface area contributed by atoms with E-state index in [1.54, 1.807) is 0 Å². The molecule has 4 heteroatoms. The van der Waals surface area contributed by atoms with Gasteiger partial charge in [-0.1, -0.05) is 20.8 Å². The normalized spacial score (nSPS) is 33.1. The van der Waals surface area contributed by atoms with E-state index >= 15 is 0 Å². The molecule has 2 fully saturated rings. The molecule has 3 nitrogen and oxygen atoms in total. The summed E-state index contributed by atoms with van der Waals surface area (Å²) in [6.45, 7) is 6.69. The first-order chi connectivity index (χ1) is 9.75. The van der Waals surface area contributed by atoms with Crippen LogP contribution in [0.1, 0.15) is 50.4 Å². The van der Waals surface area contributed by atoms with Gasteiger partial charge in [-0.25, -0.2) is 9.18 Å². The van der Waals surface area contributed by atoms with E-state index in [1.165, 1.54) is 24.6 Å². The van der Waals surface area contributed by atoms with E-state index in [9.17, 15) is 9.18 Å². The van der Waals surface area contributed by atoms with E-state index in [2.05, 4.69) is 20.8 Å². The van der Waals surface area contributed by atoms with Gasteiger partial charge in [-0.2, -0.15) is 0 Å². The van der Waals surface area contributed by atoms with E-state index in [1.807, 2.05) is 0 Å². The Bertz CT molecular complexity index is 598. The Balaban J connectivity index is 1.82. The first-order valence-electron chi connectivity index (χ1n) is 7.52. The molecule has 2 aliphatic rings. The Morgan fingerprint density at radius 3 is 2.67 bits per heavy atom. The zero-order chi connectivity index (χ0) is 15.4. The Hall–Kier alpha value is -1.58. The minimum Gasteiger partial charge on any atom is -0.458 e. The maximum atomic E-state index is 13.8. The molecule has 114 valence electrons. The topological polar surface area (TPSA) is 52.3 Å². The van der Waals surface area contributed by atoms with E-state index in [4.69, 9.17) is 10.5 Å². The summed E-state index contributed by atoms with van der Waals surface area (Å²) in [6, 6.07) is 3.99. The van der Waals surface area contributed by atoms with Crippen molar-refractivity contribution in [2.75, 3.05) is 5.73 Å². The largest absolute Gasteiger partial charge is 0.458 e. The molecule has 21 heavy (non-hydrogen) atoms. The molecule has 2 saturated carbocycles. The van der Waals surface area contributed by atoms with Crippen LogP contribution in [0.25, 0.3) is 0 Å². The minimum atomic E-state index is -0.602. The number of carbonyl (C=O) groups is 1. The highest BCUT2D eigenvalue weighted by Gasteiger charge is 2.62. The average Bonchev–Trinajstić information content (AvgIpc) is 2.74. The summed E-state index contributed by atoms with van der Waals surface area (Å²) >= 11 is 0. The predicted molar refractivity (Wildman–Crippen MR) is 79.2 cm³/mol. The van der Waals surface area contributed by atoms with Crippen LogP contribution in [0.15, 0.2) is 18.2 Å². The number of fused-ring (bicyclic) bond motifs is 2. The number of hydrogen-bond donors (Lipinski definition) is 1. The highest BCUT2D eigenvalue weighted by Crippen LogP contribution is 2.66. The van der Waals surface area contributed by atoms with Gasteiger partial charge in [0, 0.05) is 11.1 Å². The summed E-state index contributed by atoms with van der Waals surface area (Å²) in [7, 11) is 0. The van der Waals surface area contributed by atoms with E-state index in [0.29, 0.717) is 11.6 Å². The van der Waals surface area contributed by atoms with Gasteiger partial charge < -0.3 is 10.5 Å². The van der Waals surface area contributed by atoms with Gasteiger partial charge in [-0.15, -0.1) is 0 Å². The number of esters is 1. The van der Waals surface area contributed by atoms with Crippen LogP contribution in [-0.2, 0) is 4.74 Å². The summed E-state index contributed by atoms with van der Waals surface area (Å²) in [4.78, 5) is 12.3. The predicted octanol–water partition coefficient (Wildman–Crippen LogP) is 3.78. The van der Waals surface area contributed by atoms with Crippen LogP contribution < -0.4 is 5.73 Å². The summed E-state index contributed by atoms with van der Waals surface area (Å²) in [6.07, 6.45) is 2.98. The fraction of sp³-hybridized carbons (Fsp3) is 0.588. The summed E-state index contributed by atoms with van der Waals surface area (Å²) in [5, 5.41) is 0. The number of nitrogens with two attached hydrogens (primary N) is 1. The van der Waals surface area contributed by atoms with E-state index in [-0.39, 0.29) is 22.5 Å². The Labute approximate surface area is 124 Å². The Morgan fingerprint density at radius 1 is 1.38 bits per heavy atom. The van der Waals surface area contributed by atoms with Gasteiger partial charge in [0.1, 0.15) is 11.9 Å². The third-order valence-corrected chi connectivity index (χ3v) is 6.17. The lowest BCUT2D eigenvalue weighted by Gasteiger charge is -2.38.